The Labute approximate surface area is 84.0 Å². The fourth-order valence-electron chi connectivity index (χ4n) is 1.20. The highest BCUT2D eigenvalue weighted by Gasteiger charge is 1.97. The largest absolute Gasteiger partial charge is 0.497 e. The van der Waals surface area contributed by atoms with Gasteiger partial charge in [0.05, 0.1) is 12.8 Å². The van der Waals surface area contributed by atoms with E-state index in [9.17, 15) is 0 Å². The van der Waals surface area contributed by atoms with Gasteiger partial charge in [0.2, 0.25) is 0 Å². The van der Waals surface area contributed by atoms with Gasteiger partial charge in [-0.15, -0.1) is 0 Å². The van der Waals surface area contributed by atoms with E-state index in [1.54, 1.807) is 14.0 Å². The Kier molecular flexibility index (Phi) is 3.98. The van der Waals surface area contributed by atoms with Crippen molar-refractivity contribution in [2.45, 2.75) is 19.8 Å². The van der Waals surface area contributed by atoms with Crippen molar-refractivity contribution in [2.75, 3.05) is 7.11 Å². The summed E-state index contributed by atoms with van der Waals surface area (Å²) in [6.07, 6.45) is 1.64. The van der Waals surface area contributed by atoms with E-state index in [0.717, 1.165) is 24.3 Å². The highest BCUT2D eigenvalue weighted by atomic mass is 16.5. The van der Waals surface area contributed by atoms with Crippen LogP contribution in [0.4, 0.5) is 0 Å². The number of benzene rings is 1. The van der Waals surface area contributed by atoms with E-state index < -0.39 is 0 Å². The summed E-state index contributed by atoms with van der Waals surface area (Å²) in [5, 5.41) is 11.6. The van der Waals surface area contributed by atoms with Gasteiger partial charge in [-0.2, -0.15) is 0 Å². The molecule has 0 saturated heterocycles. The molecule has 0 spiro atoms. The van der Waals surface area contributed by atoms with E-state index >= 15 is 0 Å². The van der Waals surface area contributed by atoms with E-state index in [1.165, 1.54) is 5.56 Å². The molecule has 0 aliphatic heterocycles. The molecule has 1 aromatic rings. The molecule has 0 unspecified atom stereocenters. The zero-order chi connectivity index (χ0) is 10.4. The van der Waals surface area contributed by atoms with Crippen LogP contribution in [0.3, 0.4) is 0 Å². The Morgan fingerprint density at radius 3 is 2.93 bits per heavy atom. The number of oxime groups is 1. The molecule has 0 aliphatic carbocycles. The van der Waals surface area contributed by atoms with Gasteiger partial charge < -0.3 is 9.94 Å². The quantitative estimate of drug-likeness (QED) is 0.453. The predicted octanol–water partition coefficient (Wildman–Crippen LogP) is 2.48. The summed E-state index contributed by atoms with van der Waals surface area (Å²) < 4.78 is 5.11. The van der Waals surface area contributed by atoms with Crippen molar-refractivity contribution >= 4 is 5.71 Å². The van der Waals surface area contributed by atoms with Gasteiger partial charge in [0.25, 0.3) is 0 Å². The fraction of sp³-hybridized carbons (Fsp3) is 0.364. The first-order valence-corrected chi connectivity index (χ1v) is 4.56. The van der Waals surface area contributed by atoms with E-state index in [1.807, 2.05) is 24.3 Å². The van der Waals surface area contributed by atoms with E-state index in [2.05, 4.69) is 5.16 Å². The van der Waals surface area contributed by atoms with Crippen LogP contribution in [0.2, 0.25) is 0 Å². The third-order valence-electron chi connectivity index (χ3n) is 2.08. The van der Waals surface area contributed by atoms with Gasteiger partial charge in [-0.25, -0.2) is 0 Å². The van der Waals surface area contributed by atoms with Crippen LogP contribution in [0, 0.1) is 0 Å². The van der Waals surface area contributed by atoms with Gasteiger partial charge in [-0.3, -0.25) is 0 Å². The first kappa shape index (κ1) is 10.6. The molecule has 0 aliphatic rings. The Morgan fingerprint density at radius 2 is 2.29 bits per heavy atom. The monoisotopic (exact) mass is 193 g/mol. The summed E-state index contributed by atoms with van der Waals surface area (Å²) in [5.74, 6) is 0.862. The number of hydrogen-bond acceptors (Lipinski definition) is 3. The topological polar surface area (TPSA) is 41.8 Å². The Bertz CT molecular complexity index is 321. The van der Waals surface area contributed by atoms with Gasteiger partial charge in [0.1, 0.15) is 5.75 Å². The van der Waals surface area contributed by atoms with Crippen LogP contribution >= 0.6 is 0 Å². The highest BCUT2D eigenvalue weighted by Crippen LogP contribution is 2.13. The third-order valence-corrected chi connectivity index (χ3v) is 2.08. The maximum atomic E-state index is 8.48. The summed E-state index contributed by atoms with van der Waals surface area (Å²) in [5.41, 5.74) is 1.93. The fourth-order valence-corrected chi connectivity index (χ4v) is 1.20. The van der Waals surface area contributed by atoms with Crippen LogP contribution in [0.1, 0.15) is 18.9 Å². The van der Waals surface area contributed by atoms with Crippen LogP contribution in [-0.2, 0) is 6.42 Å². The molecule has 0 atom stereocenters. The second-order valence-electron chi connectivity index (χ2n) is 3.19. The normalized spacial score (nSPS) is 11.4. The Balaban J connectivity index is 2.58. The molecule has 1 aromatic carbocycles. The van der Waals surface area contributed by atoms with Crippen LogP contribution in [0.5, 0.6) is 5.75 Å². The maximum Gasteiger partial charge on any atom is 0.119 e. The lowest BCUT2D eigenvalue weighted by Crippen LogP contribution is -1.95. The molecule has 0 heterocycles. The molecule has 14 heavy (non-hydrogen) atoms. The van der Waals surface area contributed by atoms with E-state index in [0.29, 0.717) is 0 Å². The average molecular weight is 193 g/mol. The minimum absolute atomic E-state index is 0.743. The molecule has 1 N–H and O–H groups in total. The Morgan fingerprint density at radius 1 is 1.50 bits per heavy atom. The zero-order valence-electron chi connectivity index (χ0n) is 8.53. The number of methoxy groups -OCH3 is 1. The third kappa shape index (κ3) is 3.09. The van der Waals surface area contributed by atoms with Crippen molar-refractivity contribution in [1.82, 2.24) is 0 Å². The van der Waals surface area contributed by atoms with E-state index in [-0.39, 0.29) is 0 Å². The van der Waals surface area contributed by atoms with Crippen LogP contribution in [-0.4, -0.2) is 18.0 Å². The number of hydrogen-bond donors (Lipinski definition) is 1. The lowest BCUT2D eigenvalue weighted by molar-refractivity contribution is 0.317. The first-order chi connectivity index (χ1) is 6.76. The molecule has 3 nitrogen and oxygen atoms in total. The Hall–Kier alpha value is -1.51. The van der Waals surface area contributed by atoms with Crippen molar-refractivity contribution in [2.24, 2.45) is 5.16 Å². The SMILES string of the molecule is COc1cccc(CC/C(C)=N/O)c1. The molecule has 0 bridgehead atoms. The molecule has 0 fully saturated rings. The molecule has 0 saturated carbocycles. The average Bonchev–Trinajstić information content (AvgIpc) is 2.26. The lowest BCUT2D eigenvalue weighted by Gasteiger charge is -2.03. The zero-order valence-corrected chi connectivity index (χ0v) is 8.53. The first-order valence-electron chi connectivity index (χ1n) is 4.56. The van der Waals surface area contributed by atoms with Crippen LogP contribution < -0.4 is 4.74 Å². The van der Waals surface area contributed by atoms with Crippen molar-refractivity contribution < 1.29 is 9.94 Å². The molecule has 1 rings (SSSR count). The molecular formula is C11H15NO2. The minimum atomic E-state index is 0.743. The van der Waals surface area contributed by atoms with Crippen molar-refractivity contribution in [1.29, 1.82) is 0 Å². The molecule has 76 valence electrons. The van der Waals surface area contributed by atoms with Crippen LogP contribution in [0.15, 0.2) is 29.4 Å². The lowest BCUT2D eigenvalue weighted by atomic mass is 10.1. The standard InChI is InChI=1S/C11H15NO2/c1-9(12-13)6-7-10-4-3-5-11(8-10)14-2/h3-5,8,13H,6-7H2,1-2H3/b12-9+. The number of ether oxygens (including phenoxy) is 1. The van der Waals surface area contributed by atoms with Crippen LogP contribution in [0.25, 0.3) is 0 Å². The number of nitrogens with zero attached hydrogens (tertiary/aromatic N) is 1. The second-order valence-corrected chi connectivity index (χ2v) is 3.19. The van der Waals surface area contributed by atoms with Crippen molar-refractivity contribution in [3.8, 4) is 5.75 Å². The number of rotatable bonds is 4. The molecule has 3 heteroatoms. The summed E-state index contributed by atoms with van der Waals surface area (Å²) in [6, 6.07) is 7.90. The van der Waals surface area contributed by atoms with Crippen molar-refractivity contribution in [3.05, 3.63) is 29.8 Å². The highest BCUT2D eigenvalue weighted by molar-refractivity contribution is 5.81. The van der Waals surface area contributed by atoms with Gasteiger partial charge in [-0.05, 0) is 37.5 Å². The second kappa shape index (κ2) is 5.27. The summed E-state index contributed by atoms with van der Waals surface area (Å²) >= 11 is 0. The minimum Gasteiger partial charge on any atom is -0.497 e. The van der Waals surface area contributed by atoms with Gasteiger partial charge >= 0.3 is 0 Å². The molecule has 0 aromatic heterocycles. The summed E-state index contributed by atoms with van der Waals surface area (Å²) in [7, 11) is 1.65. The van der Waals surface area contributed by atoms with Gasteiger partial charge in [0.15, 0.2) is 0 Å². The van der Waals surface area contributed by atoms with E-state index in [4.69, 9.17) is 9.94 Å². The summed E-state index contributed by atoms with van der Waals surface area (Å²) in [4.78, 5) is 0. The molecule has 0 amide bonds. The maximum absolute atomic E-state index is 8.48. The number of aryl methyl sites for hydroxylation is 1. The van der Waals surface area contributed by atoms with Gasteiger partial charge in [0, 0.05) is 0 Å². The predicted molar refractivity (Wildman–Crippen MR) is 56.2 cm³/mol. The van der Waals surface area contributed by atoms with Gasteiger partial charge in [-0.1, -0.05) is 17.3 Å². The molecule has 0 radical (unpaired) electrons. The van der Waals surface area contributed by atoms with Crippen molar-refractivity contribution in [3.63, 3.8) is 0 Å². The summed E-state index contributed by atoms with van der Waals surface area (Å²) in [6.45, 7) is 1.81. The molecular weight excluding hydrogens is 178 g/mol. The smallest absolute Gasteiger partial charge is 0.119 e.